The number of ether oxygens (including phenoxy) is 2. The average molecular weight is 396 g/mol. The van der Waals surface area contributed by atoms with Crippen LogP contribution in [0.5, 0.6) is 11.6 Å². The number of rotatable bonds is 8. The molecule has 1 amide bonds. The molecule has 152 valence electrons. The van der Waals surface area contributed by atoms with Gasteiger partial charge in [-0.3, -0.25) is 4.79 Å². The van der Waals surface area contributed by atoms with E-state index in [0.29, 0.717) is 43.1 Å². The smallest absolute Gasteiger partial charge is 0.417 e. The molecular formula is C20H23F3N2O3. The van der Waals surface area contributed by atoms with Crippen LogP contribution in [0.25, 0.3) is 0 Å². The molecule has 0 unspecified atom stereocenters. The zero-order chi connectivity index (χ0) is 20.7. The summed E-state index contributed by atoms with van der Waals surface area (Å²) < 4.78 is 48.2. The summed E-state index contributed by atoms with van der Waals surface area (Å²) in [6.07, 6.45) is -3.73. The Bertz CT molecular complexity index is 760. The minimum atomic E-state index is -4.45. The maximum atomic E-state index is 12.7. The summed E-state index contributed by atoms with van der Waals surface area (Å²) in [5.41, 5.74) is -0.355. The van der Waals surface area contributed by atoms with E-state index >= 15 is 0 Å². The number of carbonyl (C=O) groups excluding carboxylic acids is 1. The van der Waals surface area contributed by atoms with Gasteiger partial charge in [0.15, 0.2) is 0 Å². The number of hydrogen-bond acceptors (Lipinski definition) is 4. The van der Waals surface area contributed by atoms with Gasteiger partial charge in [-0.25, -0.2) is 4.98 Å². The van der Waals surface area contributed by atoms with E-state index < -0.39 is 11.7 Å². The topological polar surface area (TPSA) is 51.7 Å². The predicted octanol–water partition coefficient (Wildman–Crippen LogP) is 4.64. The molecule has 0 bridgehead atoms. The van der Waals surface area contributed by atoms with E-state index in [1.165, 1.54) is 0 Å². The number of carbonyl (C=O) groups is 1. The Labute approximate surface area is 162 Å². The summed E-state index contributed by atoms with van der Waals surface area (Å²) in [6, 6.07) is 8.44. The molecule has 2 rings (SSSR count). The van der Waals surface area contributed by atoms with Gasteiger partial charge >= 0.3 is 6.18 Å². The van der Waals surface area contributed by atoms with Gasteiger partial charge < -0.3 is 14.4 Å². The summed E-state index contributed by atoms with van der Waals surface area (Å²) in [7, 11) is 1.58. The fourth-order valence-electron chi connectivity index (χ4n) is 2.50. The van der Waals surface area contributed by atoms with Crippen LogP contribution in [0.15, 0.2) is 42.6 Å². The van der Waals surface area contributed by atoms with Crippen molar-refractivity contribution in [2.24, 2.45) is 5.92 Å². The molecule has 1 aromatic heterocycles. The van der Waals surface area contributed by atoms with Gasteiger partial charge in [-0.1, -0.05) is 13.8 Å². The van der Waals surface area contributed by atoms with Gasteiger partial charge in [0.25, 0.3) is 5.91 Å². The second-order valence-corrected chi connectivity index (χ2v) is 6.65. The molecule has 0 atom stereocenters. The highest BCUT2D eigenvalue weighted by molar-refractivity contribution is 5.94. The molecule has 0 N–H and O–H groups in total. The van der Waals surface area contributed by atoms with E-state index in [9.17, 15) is 18.0 Å². The first kappa shape index (κ1) is 21.7. The highest BCUT2D eigenvalue weighted by Crippen LogP contribution is 2.30. The van der Waals surface area contributed by atoms with E-state index in [0.717, 1.165) is 12.1 Å². The highest BCUT2D eigenvalue weighted by Gasteiger charge is 2.30. The van der Waals surface area contributed by atoms with Crippen LogP contribution in [0.3, 0.4) is 0 Å². The van der Waals surface area contributed by atoms with Crippen molar-refractivity contribution in [1.82, 2.24) is 9.88 Å². The summed E-state index contributed by atoms with van der Waals surface area (Å²) in [5.74, 6) is 0.601. The van der Waals surface area contributed by atoms with Crippen molar-refractivity contribution in [2.45, 2.75) is 20.0 Å². The molecule has 28 heavy (non-hydrogen) atoms. The van der Waals surface area contributed by atoms with Crippen molar-refractivity contribution in [1.29, 1.82) is 0 Å². The van der Waals surface area contributed by atoms with Crippen LogP contribution in [0.1, 0.15) is 29.8 Å². The number of nitrogens with zero attached hydrogens (tertiary/aromatic N) is 2. The van der Waals surface area contributed by atoms with Crippen molar-refractivity contribution >= 4 is 5.91 Å². The van der Waals surface area contributed by atoms with Gasteiger partial charge in [0.2, 0.25) is 5.88 Å². The van der Waals surface area contributed by atoms with Gasteiger partial charge in [-0.05, 0) is 36.2 Å². The first-order valence-electron chi connectivity index (χ1n) is 8.80. The molecule has 1 heterocycles. The van der Waals surface area contributed by atoms with E-state index in [-0.39, 0.29) is 11.8 Å². The molecule has 1 aromatic carbocycles. The summed E-state index contributed by atoms with van der Waals surface area (Å²) in [5, 5.41) is 0. The number of alkyl halides is 3. The minimum Gasteiger partial charge on any atom is -0.439 e. The Kier molecular flexibility index (Phi) is 7.39. The number of benzene rings is 1. The zero-order valence-electron chi connectivity index (χ0n) is 16.0. The van der Waals surface area contributed by atoms with Crippen LogP contribution in [-0.4, -0.2) is 42.6 Å². The average Bonchev–Trinajstić information content (AvgIpc) is 2.64. The van der Waals surface area contributed by atoms with Crippen molar-refractivity contribution in [2.75, 3.05) is 26.8 Å². The summed E-state index contributed by atoms with van der Waals surface area (Å²) in [4.78, 5) is 18.1. The highest BCUT2D eigenvalue weighted by atomic mass is 19.4. The molecule has 2 aromatic rings. The Morgan fingerprint density at radius 1 is 1.14 bits per heavy atom. The van der Waals surface area contributed by atoms with E-state index in [1.54, 1.807) is 36.3 Å². The maximum Gasteiger partial charge on any atom is 0.417 e. The SMILES string of the molecule is COCCN(CC(C)C)C(=O)c1ccc(Oc2ccc(C(F)(F)F)cn2)cc1. The lowest BCUT2D eigenvalue weighted by atomic mass is 10.1. The van der Waals surface area contributed by atoms with Crippen LogP contribution in [0.4, 0.5) is 13.2 Å². The van der Waals surface area contributed by atoms with Crippen molar-refractivity contribution in [3.8, 4) is 11.6 Å². The maximum absolute atomic E-state index is 12.7. The third-order valence-corrected chi connectivity index (χ3v) is 3.83. The van der Waals surface area contributed by atoms with Crippen LogP contribution in [0.2, 0.25) is 0 Å². The first-order valence-corrected chi connectivity index (χ1v) is 8.80. The van der Waals surface area contributed by atoms with Gasteiger partial charge in [-0.15, -0.1) is 0 Å². The second kappa shape index (κ2) is 9.54. The molecule has 0 saturated heterocycles. The standard InChI is InChI=1S/C20H23F3N2O3/c1-14(2)13-25(10-11-27-3)19(26)15-4-7-17(8-5-15)28-18-9-6-16(12-24-18)20(21,22)23/h4-9,12,14H,10-11,13H2,1-3H3. The normalized spacial score (nSPS) is 11.5. The molecule has 0 spiro atoms. The largest absolute Gasteiger partial charge is 0.439 e. The van der Waals surface area contributed by atoms with Gasteiger partial charge in [-0.2, -0.15) is 13.2 Å². The molecule has 5 nitrogen and oxygen atoms in total. The monoisotopic (exact) mass is 396 g/mol. The number of pyridine rings is 1. The Morgan fingerprint density at radius 3 is 2.32 bits per heavy atom. The second-order valence-electron chi connectivity index (χ2n) is 6.65. The van der Waals surface area contributed by atoms with Gasteiger partial charge in [0.1, 0.15) is 5.75 Å². The van der Waals surface area contributed by atoms with E-state index in [4.69, 9.17) is 9.47 Å². The van der Waals surface area contributed by atoms with Gasteiger partial charge in [0.05, 0.1) is 12.2 Å². The fraction of sp³-hybridized carbons (Fsp3) is 0.400. The van der Waals surface area contributed by atoms with Crippen LogP contribution in [0, 0.1) is 5.92 Å². The quantitative estimate of drug-likeness (QED) is 0.653. The van der Waals surface area contributed by atoms with Crippen molar-refractivity contribution < 1.29 is 27.4 Å². The lowest BCUT2D eigenvalue weighted by Crippen LogP contribution is -2.36. The fourth-order valence-corrected chi connectivity index (χ4v) is 2.50. The molecule has 0 aliphatic rings. The molecular weight excluding hydrogens is 373 g/mol. The molecule has 0 aliphatic carbocycles. The zero-order valence-corrected chi connectivity index (χ0v) is 16.0. The molecule has 0 saturated carbocycles. The van der Waals surface area contributed by atoms with Crippen LogP contribution in [-0.2, 0) is 10.9 Å². The third-order valence-electron chi connectivity index (χ3n) is 3.83. The molecule has 0 aliphatic heterocycles. The summed E-state index contributed by atoms with van der Waals surface area (Å²) in [6.45, 7) is 5.60. The third kappa shape index (κ3) is 6.23. The molecule has 0 fully saturated rings. The Morgan fingerprint density at radius 2 is 1.82 bits per heavy atom. The summed E-state index contributed by atoms with van der Waals surface area (Å²) >= 11 is 0. The first-order chi connectivity index (χ1) is 13.2. The molecule has 0 radical (unpaired) electrons. The number of amides is 1. The van der Waals surface area contributed by atoms with Crippen LogP contribution < -0.4 is 4.74 Å². The van der Waals surface area contributed by atoms with E-state index in [1.807, 2.05) is 13.8 Å². The predicted molar refractivity (Wildman–Crippen MR) is 98.4 cm³/mol. The number of hydrogen-bond donors (Lipinski definition) is 0. The number of halogens is 3. The van der Waals surface area contributed by atoms with Gasteiger partial charge in [0, 0.05) is 38.0 Å². The van der Waals surface area contributed by atoms with Crippen molar-refractivity contribution in [3.05, 3.63) is 53.7 Å². The van der Waals surface area contributed by atoms with Crippen molar-refractivity contribution in [3.63, 3.8) is 0 Å². The molecule has 8 heteroatoms. The Balaban J connectivity index is 2.06. The van der Waals surface area contributed by atoms with Crippen LogP contribution >= 0.6 is 0 Å². The number of aromatic nitrogens is 1. The minimum absolute atomic E-state index is 0.0357. The van der Waals surface area contributed by atoms with E-state index in [2.05, 4.69) is 4.98 Å². The lowest BCUT2D eigenvalue weighted by Gasteiger charge is -2.24. The Hall–Kier alpha value is -2.61. The lowest BCUT2D eigenvalue weighted by molar-refractivity contribution is -0.137. The number of methoxy groups -OCH3 is 1.